The third-order valence-electron chi connectivity index (χ3n) is 3.11. The molecule has 0 spiro atoms. The Morgan fingerprint density at radius 3 is 2.81 bits per heavy atom. The third kappa shape index (κ3) is 2.50. The van der Waals surface area contributed by atoms with E-state index in [4.69, 9.17) is 17.3 Å². The van der Waals surface area contributed by atoms with Gasteiger partial charge in [-0.2, -0.15) is 8.75 Å². The lowest BCUT2D eigenvalue weighted by atomic mass is 10.0. The minimum absolute atomic E-state index is 0.181. The highest BCUT2D eigenvalue weighted by atomic mass is 35.5. The maximum atomic E-state index is 6.28. The Hall–Kier alpha value is -1.99. The Bertz CT molecular complexity index is 800. The Morgan fingerprint density at radius 1 is 1.24 bits per heavy atom. The summed E-state index contributed by atoms with van der Waals surface area (Å²) in [5.41, 5.74) is 9.01. The number of halogens is 1. The first-order valence-corrected chi connectivity index (χ1v) is 7.47. The van der Waals surface area contributed by atoms with Gasteiger partial charge in [0.1, 0.15) is 29.0 Å². The maximum Gasteiger partial charge on any atom is 0.139 e. The smallest absolute Gasteiger partial charge is 0.139 e. The first-order valence-electron chi connectivity index (χ1n) is 6.36. The summed E-state index contributed by atoms with van der Waals surface area (Å²) in [6.07, 6.45) is 1.43. The molecule has 3 N–H and O–H groups in total. The number of benzene rings is 1. The molecule has 6 nitrogen and oxygen atoms in total. The average molecular weight is 321 g/mol. The molecule has 2 aromatic heterocycles. The van der Waals surface area contributed by atoms with Crippen molar-refractivity contribution in [1.29, 1.82) is 0 Å². The van der Waals surface area contributed by atoms with Crippen molar-refractivity contribution in [3.8, 4) is 0 Å². The number of rotatable bonds is 3. The Labute approximate surface area is 130 Å². The van der Waals surface area contributed by atoms with E-state index < -0.39 is 0 Å². The number of hydrogen-bond donors (Lipinski definition) is 2. The summed E-state index contributed by atoms with van der Waals surface area (Å²) in [6, 6.07) is 3.62. The van der Waals surface area contributed by atoms with Crippen LogP contribution in [-0.2, 0) is 0 Å². The van der Waals surface area contributed by atoms with Crippen LogP contribution >= 0.6 is 23.3 Å². The maximum absolute atomic E-state index is 6.28. The van der Waals surface area contributed by atoms with Crippen LogP contribution in [0.25, 0.3) is 11.0 Å². The number of anilines is 3. The zero-order valence-electron chi connectivity index (χ0n) is 11.5. The molecule has 21 heavy (non-hydrogen) atoms. The van der Waals surface area contributed by atoms with E-state index in [9.17, 15) is 0 Å². The van der Waals surface area contributed by atoms with Crippen molar-refractivity contribution in [3.05, 3.63) is 29.0 Å². The summed E-state index contributed by atoms with van der Waals surface area (Å²) in [5, 5.41) is 3.79. The summed E-state index contributed by atoms with van der Waals surface area (Å²) in [7, 11) is 0. The minimum Gasteiger partial charge on any atom is -0.383 e. The van der Waals surface area contributed by atoms with Crippen LogP contribution < -0.4 is 11.1 Å². The number of nitrogens with one attached hydrogen (secondary N) is 1. The van der Waals surface area contributed by atoms with Crippen LogP contribution in [0, 0.1) is 0 Å². The van der Waals surface area contributed by atoms with E-state index >= 15 is 0 Å². The second kappa shape index (κ2) is 5.42. The van der Waals surface area contributed by atoms with Gasteiger partial charge in [-0.25, -0.2) is 9.97 Å². The van der Waals surface area contributed by atoms with Crippen LogP contribution in [0.2, 0.25) is 5.02 Å². The summed E-state index contributed by atoms with van der Waals surface area (Å²) >= 11 is 7.43. The zero-order chi connectivity index (χ0) is 15.0. The fourth-order valence-corrected chi connectivity index (χ4v) is 2.88. The van der Waals surface area contributed by atoms with Crippen molar-refractivity contribution < 1.29 is 0 Å². The van der Waals surface area contributed by atoms with Crippen molar-refractivity contribution in [2.75, 3.05) is 11.1 Å². The van der Waals surface area contributed by atoms with E-state index in [1.165, 1.54) is 6.33 Å². The quantitative estimate of drug-likeness (QED) is 0.766. The van der Waals surface area contributed by atoms with Crippen LogP contribution in [0.1, 0.15) is 25.3 Å². The van der Waals surface area contributed by atoms with Gasteiger partial charge in [0, 0.05) is 5.56 Å². The molecule has 8 heteroatoms. The van der Waals surface area contributed by atoms with Gasteiger partial charge in [0.2, 0.25) is 0 Å². The lowest BCUT2D eigenvalue weighted by molar-refractivity contribution is 0.855. The van der Waals surface area contributed by atoms with Crippen molar-refractivity contribution in [2.45, 2.75) is 19.8 Å². The van der Waals surface area contributed by atoms with Crippen LogP contribution in [0.5, 0.6) is 0 Å². The standard InChI is InChI=1S/C13H13ClN6S/c1-6(2)9-12(15)16-5-17-13(9)18-10-7(14)3-4-8-11(10)20-21-19-8/h3-6H,1-2H3,(H3,15,16,17,18). The van der Waals surface area contributed by atoms with E-state index in [0.29, 0.717) is 22.3 Å². The molecule has 0 fully saturated rings. The van der Waals surface area contributed by atoms with Crippen molar-refractivity contribution in [3.63, 3.8) is 0 Å². The zero-order valence-corrected chi connectivity index (χ0v) is 13.0. The molecule has 0 radical (unpaired) electrons. The molecule has 0 amide bonds. The molecule has 0 saturated carbocycles. The van der Waals surface area contributed by atoms with Gasteiger partial charge >= 0.3 is 0 Å². The van der Waals surface area contributed by atoms with E-state index in [1.807, 2.05) is 19.9 Å². The third-order valence-corrected chi connectivity index (χ3v) is 3.97. The van der Waals surface area contributed by atoms with E-state index in [0.717, 1.165) is 28.3 Å². The van der Waals surface area contributed by atoms with Crippen LogP contribution in [-0.4, -0.2) is 18.7 Å². The van der Waals surface area contributed by atoms with Gasteiger partial charge in [-0.05, 0) is 18.1 Å². The molecule has 108 valence electrons. The van der Waals surface area contributed by atoms with E-state index in [2.05, 4.69) is 24.0 Å². The molecule has 0 aliphatic heterocycles. The number of nitrogens with zero attached hydrogens (tertiary/aromatic N) is 4. The fourth-order valence-electron chi connectivity index (χ4n) is 2.14. The molecule has 1 aromatic carbocycles. The highest BCUT2D eigenvalue weighted by molar-refractivity contribution is 7.00. The summed E-state index contributed by atoms with van der Waals surface area (Å²) in [5.74, 6) is 1.28. The van der Waals surface area contributed by atoms with Gasteiger partial charge in [0.25, 0.3) is 0 Å². The van der Waals surface area contributed by atoms with Crippen LogP contribution in [0.15, 0.2) is 18.5 Å². The second-order valence-electron chi connectivity index (χ2n) is 4.86. The molecule has 0 aliphatic rings. The Kier molecular flexibility index (Phi) is 3.60. The largest absolute Gasteiger partial charge is 0.383 e. The summed E-state index contributed by atoms with van der Waals surface area (Å²) < 4.78 is 8.49. The highest BCUT2D eigenvalue weighted by Crippen LogP contribution is 2.35. The molecular formula is C13H13ClN6S. The summed E-state index contributed by atoms with van der Waals surface area (Å²) in [6.45, 7) is 4.07. The van der Waals surface area contributed by atoms with Gasteiger partial charge < -0.3 is 11.1 Å². The number of hydrogen-bond acceptors (Lipinski definition) is 7. The molecular weight excluding hydrogens is 308 g/mol. The van der Waals surface area contributed by atoms with Gasteiger partial charge in [0.05, 0.1) is 22.4 Å². The lowest BCUT2D eigenvalue weighted by Crippen LogP contribution is -2.07. The molecule has 3 aromatic rings. The molecule has 0 aliphatic carbocycles. The molecule has 0 unspecified atom stereocenters. The van der Waals surface area contributed by atoms with Crippen LogP contribution in [0.4, 0.5) is 17.3 Å². The number of nitrogen functional groups attached to an aromatic ring is 1. The number of aromatic nitrogens is 4. The molecule has 0 saturated heterocycles. The van der Waals surface area contributed by atoms with Gasteiger partial charge in [-0.15, -0.1) is 0 Å². The normalized spacial score (nSPS) is 11.2. The predicted molar refractivity (Wildman–Crippen MR) is 86.2 cm³/mol. The predicted octanol–water partition coefficient (Wildman–Crippen LogP) is 3.58. The Balaban J connectivity index is 2.13. The molecule has 3 rings (SSSR count). The first-order chi connectivity index (χ1) is 10.1. The van der Waals surface area contributed by atoms with Gasteiger partial charge in [-0.1, -0.05) is 25.4 Å². The van der Waals surface area contributed by atoms with E-state index in [-0.39, 0.29) is 5.92 Å². The SMILES string of the molecule is CC(C)c1c(N)ncnc1Nc1c(Cl)ccc2nsnc12. The molecule has 0 bridgehead atoms. The monoisotopic (exact) mass is 320 g/mol. The highest BCUT2D eigenvalue weighted by Gasteiger charge is 2.16. The lowest BCUT2D eigenvalue weighted by Gasteiger charge is -2.15. The number of fused-ring (bicyclic) bond motifs is 1. The van der Waals surface area contributed by atoms with Crippen molar-refractivity contribution in [2.24, 2.45) is 0 Å². The first kappa shape index (κ1) is 14.0. The molecule has 0 atom stereocenters. The Morgan fingerprint density at radius 2 is 2.05 bits per heavy atom. The topological polar surface area (TPSA) is 89.6 Å². The van der Waals surface area contributed by atoms with E-state index in [1.54, 1.807) is 6.07 Å². The van der Waals surface area contributed by atoms with Crippen LogP contribution in [0.3, 0.4) is 0 Å². The average Bonchev–Trinajstić information content (AvgIpc) is 2.90. The molecule has 2 heterocycles. The second-order valence-corrected chi connectivity index (χ2v) is 5.79. The van der Waals surface area contributed by atoms with Crippen molar-refractivity contribution >= 4 is 51.7 Å². The van der Waals surface area contributed by atoms with Gasteiger partial charge in [0.15, 0.2) is 0 Å². The van der Waals surface area contributed by atoms with Crippen molar-refractivity contribution in [1.82, 2.24) is 18.7 Å². The fraction of sp³-hybridized carbons (Fsp3) is 0.231. The minimum atomic E-state index is 0.181. The number of nitrogens with two attached hydrogens (primary N) is 1. The van der Waals surface area contributed by atoms with Gasteiger partial charge in [-0.3, -0.25) is 0 Å². The summed E-state index contributed by atoms with van der Waals surface area (Å²) in [4.78, 5) is 8.33.